The summed E-state index contributed by atoms with van der Waals surface area (Å²) in [5.74, 6) is 1.19. The van der Waals surface area contributed by atoms with Gasteiger partial charge < -0.3 is 14.2 Å². The third kappa shape index (κ3) is 4.14. The van der Waals surface area contributed by atoms with Crippen LogP contribution < -0.4 is 19.6 Å². The molecule has 134 valence electrons. The number of hydrogen-bond acceptors (Lipinski definition) is 5. The highest BCUT2D eigenvalue weighted by Gasteiger charge is 2.33. The second kappa shape index (κ2) is 7.78. The molecule has 5 nitrogen and oxygen atoms in total. The van der Waals surface area contributed by atoms with Crippen molar-refractivity contribution in [2.75, 3.05) is 26.8 Å². The molecule has 0 aliphatic heterocycles. The van der Waals surface area contributed by atoms with Gasteiger partial charge in [-0.2, -0.15) is 18.3 Å². The van der Waals surface area contributed by atoms with Crippen LogP contribution in [0, 0.1) is 0 Å². The molecule has 1 N–H and O–H groups in total. The van der Waals surface area contributed by atoms with Crippen LogP contribution in [0.25, 0.3) is 0 Å². The molecule has 8 heteroatoms. The van der Waals surface area contributed by atoms with Gasteiger partial charge in [0.15, 0.2) is 11.5 Å². The molecule has 0 aliphatic carbocycles. The zero-order valence-electron chi connectivity index (χ0n) is 13.8. The van der Waals surface area contributed by atoms with Gasteiger partial charge in [-0.05, 0) is 24.3 Å². The lowest BCUT2D eigenvalue weighted by Gasteiger charge is -2.14. The minimum absolute atomic E-state index is 0.148. The molecule has 0 bridgehead atoms. The second-order valence-electron chi connectivity index (χ2n) is 4.84. The Morgan fingerprint density at radius 2 is 1.60 bits per heavy atom. The lowest BCUT2D eigenvalue weighted by atomic mass is 10.2. The largest absolute Gasteiger partial charge is 0.493 e. The van der Waals surface area contributed by atoms with Gasteiger partial charge >= 0.3 is 6.18 Å². The van der Waals surface area contributed by atoms with Gasteiger partial charge in [0, 0.05) is 5.56 Å². The maximum absolute atomic E-state index is 13.0. The van der Waals surface area contributed by atoms with Crippen LogP contribution in [-0.2, 0) is 6.18 Å². The van der Waals surface area contributed by atoms with Gasteiger partial charge in [0.05, 0.1) is 38.8 Å². The monoisotopic (exact) mass is 354 g/mol. The molecule has 0 saturated heterocycles. The quantitative estimate of drug-likeness (QED) is 0.625. The van der Waals surface area contributed by atoms with Crippen molar-refractivity contribution in [2.45, 2.75) is 6.18 Å². The average molecular weight is 354 g/mol. The third-order valence-corrected chi connectivity index (χ3v) is 3.36. The van der Waals surface area contributed by atoms with Crippen LogP contribution in [0.5, 0.6) is 17.2 Å². The van der Waals surface area contributed by atoms with E-state index in [1.54, 1.807) is 12.1 Å². The number of hydrogen-bond donors (Lipinski definition) is 1. The first-order valence-corrected chi connectivity index (χ1v) is 7.16. The van der Waals surface area contributed by atoms with Gasteiger partial charge in [0.2, 0.25) is 5.75 Å². The summed E-state index contributed by atoms with van der Waals surface area (Å²) < 4.78 is 54.6. The van der Waals surface area contributed by atoms with Gasteiger partial charge in [-0.25, -0.2) is 0 Å². The van der Waals surface area contributed by atoms with Crippen molar-refractivity contribution in [3.8, 4) is 17.2 Å². The Labute approximate surface area is 143 Å². The van der Waals surface area contributed by atoms with Crippen molar-refractivity contribution in [3.05, 3.63) is 47.5 Å². The maximum atomic E-state index is 13.0. The molecule has 0 spiro atoms. The van der Waals surface area contributed by atoms with Crippen LogP contribution in [0.15, 0.2) is 41.5 Å². The van der Waals surface area contributed by atoms with Crippen molar-refractivity contribution in [3.63, 3.8) is 0 Å². The summed E-state index contributed by atoms with van der Waals surface area (Å²) >= 11 is 0. The van der Waals surface area contributed by atoms with E-state index < -0.39 is 11.7 Å². The fourth-order valence-corrected chi connectivity index (χ4v) is 2.23. The van der Waals surface area contributed by atoms with Crippen LogP contribution >= 0.6 is 0 Å². The fourth-order valence-electron chi connectivity index (χ4n) is 2.23. The number of para-hydroxylation sites is 1. The van der Waals surface area contributed by atoms with Crippen molar-refractivity contribution in [1.29, 1.82) is 0 Å². The number of alkyl halides is 3. The summed E-state index contributed by atoms with van der Waals surface area (Å²) in [5.41, 5.74) is 1.97. The molecule has 0 unspecified atom stereocenters. The Bertz CT molecular complexity index is 761. The summed E-state index contributed by atoms with van der Waals surface area (Å²) in [6, 6.07) is 8.38. The van der Waals surface area contributed by atoms with E-state index in [4.69, 9.17) is 14.2 Å². The molecule has 0 atom stereocenters. The van der Waals surface area contributed by atoms with E-state index >= 15 is 0 Å². The predicted octanol–water partition coefficient (Wildman–Crippen LogP) is 4.18. The van der Waals surface area contributed by atoms with Gasteiger partial charge in [0.25, 0.3) is 0 Å². The van der Waals surface area contributed by atoms with Crippen LogP contribution in [0.1, 0.15) is 11.1 Å². The van der Waals surface area contributed by atoms with Gasteiger partial charge in [-0.1, -0.05) is 12.1 Å². The van der Waals surface area contributed by atoms with Crippen molar-refractivity contribution >= 4 is 11.9 Å². The zero-order valence-corrected chi connectivity index (χ0v) is 13.8. The van der Waals surface area contributed by atoms with Crippen LogP contribution in [0.2, 0.25) is 0 Å². The highest BCUT2D eigenvalue weighted by Crippen LogP contribution is 2.39. The molecule has 0 amide bonds. The van der Waals surface area contributed by atoms with E-state index in [-0.39, 0.29) is 5.69 Å². The van der Waals surface area contributed by atoms with Gasteiger partial charge in [-0.15, -0.1) is 0 Å². The molecule has 2 aromatic carbocycles. The first kappa shape index (κ1) is 18.4. The lowest BCUT2D eigenvalue weighted by molar-refractivity contribution is -0.136. The molecule has 2 rings (SSSR count). The van der Waals surface area contributed by atoms with E-state index in [1.165, 1.54) is 45.7 Å². The SMILES string of the molecule is COc1ccc(C=NNc2ccccc2C(F)(F)F)c(OC)c1OC. The average Bonchev–Trinajstić information content (AvgIpc) is 2.60. The van der Waals surface area contributed by atoms with E-state index in [1.807, 2.05) is 0 Å². The summed E-state index contributed by atoms with van der Waals surface area (Å²) in [7, 11) is 4.39. The number of hydrazone groups is 1. The van der Waals surface area contributed by atoms with Gasteiger partial charge in [-0.3, -0.25) is 5.43 Å². The Balaban J connectivity index is 2.30. The fraction of sp³-hybridized carbons (Fsp3) is 0.235. The zero-order chi connectivity index (χ0) is 18.4. The number of nitrogens with one attached hydrogen (secondary N) is 1. The number of nitrogens with zero attached hydrogens (tertiary/aromatic N) is 1. The maximum Gasteiger partial charge on any atom is 0.418 e. The Morgan fingerprint density at radius 1 is 0.920 bits per heavy atom. The van der Waals surface area contributed by atoms with Crippen LogP contribution in [0.4, 0.5) is 18.9 Å². The molecule has 0 radical (unpaired) electrons. The summed E-state index contributed by atoms with van der Waals surface area (Å²) in [4.78, 5) is 0. The molecular formula is C17H17F3N2O3. The number of halogens is 3. The summed E-state index contributed by atoms with van der Waals surface area (Å²) in [6.07, 6.45) is -3.13. The standard InChI is InChI=1S/C17H17F3N2O3/c1-23-14-9-8-11(15(24-2)16(14)25-3)10-21-22-13-7-5-4-6-12(13)17(18,19)20/h4-10,22H,1-3H3. The normalized spacial score (nSPS) is 11.4. The van der Waals surface area contributed by atoms with Gasteiger partial charge in [0.1, 0.15) is 0 Å². The number of rotatable bonds is 6. The topological polar surface area (TPSA) is 52.1 Å². The summed E-state index contributed by atoms with van der Waals surface area (Å²) in [5, 5.41) is 3.87. The Morgan fingerprint density at radius 3 is 2.20 bits per heavy atom. The highest BCUT2D eigenvalue weighted by molar-refractivity contribution is 5.86. The number of methoxy groups -OCH3 is 3. The second-order valence-corrected chi connectivity index (χ2v) is 4.84. The molecule has 0 aliphatic rings. The molecule has 0 heterocycles. The number of benzene rings is 2. The van der Waals surface area contributed by atoms with Crippen LogP contribution in [-0.4, -0.2) is 27.5 Å². The van der Waals surface area contributed by atoms with E-state index in [2.05, 4.69) is 10.5 Å². The smallest absolute Gasteiger partial charge is 0.418 e. The number of anilines is 1. The molecular weight excluding hydrogens is 337 g/mol. The molecule has 25 heavy (non-hydrogen) atoms. The highest BCUT2D eigenvalue weighted by atomic mass is 19.4. The molecule has 0 aromatic heterocycles. The number of ether oxygens (including phenoxy) is 3. The Hall–Kier alpha value is -2.90. The molecule has 2 aromatic rings. The van der Waals surface area contributed by atoms with E-state index in [9.17, 15) is 13.2 Å². The predicted molar refractivity (Wildman–Crippen MR) is 88.8 cm³/mol. The van der Waals surface area contributed by atoms with E-state index in [0.717, 1.165) is 6.07 Å². The minimum atomic E-state index is -4.47. The third-order valence-electron chi connectivity index (χ3n) is 3.36. The van der Waals surface area contributed by atoms with Crippen molar-refractivity contribution in [1.82, 2.24) is 0 Å². The Kier molecular flexibility index (Phi) is 5.74. The minimum Gasteiger partial charge on any atom is -0.493 e. The lowest BCUT2D eigenvalue weighted by Crippen LogP contribution is -2.08. The summed E-state index contributed by atoms with van der Waals surface area (Å²) in [6.45, 7) is 0. The van der Waals surface area contributed by atoms with E-state index in [0.29, 0.717) is 22.8 Å². The first-order chi connectivity index (χ1) is 11.9. The van der Waals surface area contributed by atoms with Crippen molar-refractivity contribution in [2.24, 2.45) is 5.10 Å². The van der Waals surface area contributed by atoms with Crippen LogP contribution in [0.3, 0.4) is 0 Å². The van der Waals surface area contributed by atoms with Crippen molar-refractivity contribution < 1.29 is 27.4 Å². The first-order valence-electron chi connectivity index (χ1n) is 7.16. The molecule has 0 fully saturated rings. The molecule has 0 saturated carbocycles.